The number of nitrogens with zero attached hydrogens (tertiary/aromatic N) is 1. The molecule has 1 aliphatic heterocycles. The third kappa shape index (κ3) is 3.10. The number of nitro benzene ring substituents is 1. The Morgan fingerprint density at radius 3 is 2.86 bits per heavy atom. The molecule has 1 N–H and O–H groups in total. The Bertz CT molecular complexity index is 530. The summed E-state index contributed by atoms with van der Waals surface area (Å²) in [5.74, 6) is 0.977. The van der Waals surface area contributed by atoms with Crippen molar-refractivity contribution in [3.63, 3.8) is 0 Å². The molecule has 2 aliphatic rings. The lowest BCUT2D eigenvalue weighted by molar-refractivity contribution is -0.384. The van der Waals surface area contributed by atoms with Gasteiger partial charge in [-0.2, -0.15) is 0 Å². The molecular formula is C15H20N2O4. The molecule has 1 aromatic carbocycles. The first-order valence-corrected chi connectivity index (χ1v) is 7.38. The Labute approximate surface area is 123 Å². The standard InChI is InChI=1S/C15H20N2O4/c1-20-13-4-2-3-12(15(13)17(18)19)16-11-7-8-21-14(9-11)10-5-6-10/h2-4,10-11,14,16H,5-9H2,1H3/t11-,14-/m0/s1. The van der Waals surface area contributed by atoms with Gasteiger partial charge in [0.1, 0.15) is 5.69 Å². The fourth-order valence-electron chi connectivity index (χ4n) is 2.97. The van der Waals surface area contributed by atoms with Crippen molar-refractivity contribution in [1.82, 2.24) is 0 Å². The largest absolute Gasteiger partial charge is 0.490 e. The molecule has 0 aromatic heterocycles. The molecule has 0 spiro atoms. The maximum atomic E-state index is 11.3. The summed E-state index contributed by atoms with van der Waals surface area (Å²) in [5.41, 5.74) is 0.537. The first-order chi connectivity index (χ1) is 10.2. The number of benzene rings is 1. The molecule has 1 aromatic rings. The van der Waals surface area contributed by atoms with Gasteiger partial charge in [-0.3, -0.25) is 10.1 Å². The third-order valence-electron chi connectivity index (χ3n) is 4.22. The van der Waals surface area contributed by atoms with Crippen molar-refractivity contribution in [1.29, 1.82) is 0 Å². The van der Waals surface area contributed by atoms with E-state index in [-0.39, 0.29) is 17.5 Å². The summed E-state index contributed by atoms with van der Waals surface area (Å²) >= 11 is 0. The van der Waals surface area contributed by atoms with Crippen LogP contribution in [0.5, 0.6) is 5.75 Å². The van der Waals surface area contributed by atoms with Gasteiger partial charge in [-0.15, -0.1) is 0 Å². The fourth-order valence-corrected chi connectivity index (χ4v) is 2.97. The van der Waals surface area contributed by atoms with Gasteiger partial charge in [-0.25, -0.2) is 0 Å². The van der Waals surface area contributed by atoms with Crippen LogP contribution in [0.2, 0.25) is 0 Å². The molecule has 0 unspecified atom stereocenters. The molecule has 0 bridgehead atoms. The zero-order valence-electron chi connectivity index (χ0n) is 12.1. The van der Waals surface area contributed by atoms with Gasteiger partial charge in [0.15, 0.2) is 5.75 Å². The summed E-state index contributed by atoms with van der Waals surface area (Å²) in [6.07, 6.45) is 4.59. The lowest BCUT2D eigenvalue weighted by atomic mass is 9.99. The molecule has 1 saturated heterocycles. The van der Waals surface area contributed by atoms with Gasteiger partial charge in [-0.1, -0.05) is 6.07 Å². The number of anilines is 1. The van der Waals surface area contributed by atoms with E-state index in [9.17, 15) is 10.1 Å². The second kappa shape index (κ2) is 5.89. The Balaban J connectivity index is 1.76. The summed E-state index contributed by atoms with van der Waals surface area (Å²) < 4.78 is 10.9. The predicted octanol–water partition coefficient (Wildman–Crippen LogP) is 2.97. The van der Waals surface area contributed by atoms with Crippen molar-refractivity contribution >= 4 is 11.4 Å². The van der Waals surface area contributed by atoms with Crippen LogP contribution in [0.15, 0.2) is 18.2 Å². The van der Waals surface area contributed by atoms with E-state index in [2.05, 4.69) is 5.32 Å². The van der Waals surface area contributed by atoms with Crippen LogP contribution in [-0.4, -0.2) is 30.8 Å². The van der Waals surface area contributed by atoms with Crippen molar-refractivity contribution < 1.29 is 14.4 Å². The van der Waals surface area contributed by atoms with Crippen LogP contribution in [0.4, 0.5) is 11.4 Å². The van der Waals surface area contributed by atoms with E-state index in [4.69, 9.17) is 9.47 Å². The van der Waals surface area contributed by atoms with Crippen LogP contribution >= 0.6 is 0 Å². The predicted molar refractivity (Wildman–Crippen MR) is 78.8 cm³/mol. The Morgan fingerprint density at radius 2 is 2.19 bits per heavy atom. The molecule has 0 radical (unpaired) electrons. The maximum absolute atomic E-state index is 11.3. The summed E-state index contributed by atoms with van der Waals surface area (Å²) in [4.78, 5) is 10.9. The van der Waals surface area contributed by atoms with E-state index >= 15 is 0 Å². The average Bonchev–Trinajstić information content (AvgIpc) is 3.31. The third-order valence-corrected chi connectivity index (χ3v) is 4.22. The summed E-state index contributed by atoms with van der Waals surface area (Å²) in [7, 11) is 1.45. The molecule has 6 nitrogen and oxygen atoms in total. The van der Waals surface area contributed by atoms with Crippen molar-refractivity contribution in [3.8, 4) is 5.75 Å². The van der Waals surface area contributed by atoms with Crippen LogP contribution in [0, 0.1) is 16.0 Å². The normalized spacial score (nSPS) is 25.4. The number of nitro groups is 1. The summed E-state index contributed by atoms with van der Waals surface area (Å²) in [5, 5.41) is 14.6. The minimum absolute atomic E-state index is 0.00876. The van der Waals surface area contributed by atoms with Crippen LogP contribution in [-0.2, 0) is 4.74 Å². The Kier molecular flexibility index (Phi) is 3.96. The van der Waals surface area contributed by atoms with E-state index in [0.29, 0.717) is 17.7 Å². The van der Waals surface area contributed by atoms with Crippen molar-refractivity contribution in [2.45, 2.75) is 37.8 Å². The summed E-state index contributed by atoms with van der Waals surface area (Å²) in [6, 6.07) is 5.34. The van der Waals surface area contributed by atoms with Gasteiger partial charge in [-0.05, 0) is 43.7 Å². The molecule has 114 valence electrons. The smallest absolute Gasteiger partial charge is 0.333 e. The average molecular weight is 292 g/mol. The molecule has 1 saturated carbocycles. The van der Waals surface area contributed by atoms with Crippen molar-refractivity contribution in [3.05, 3.63) is 28.3 Å². The molecule has 1 heterocycles. The SMILES string of the molecule is COc1cccc(N[C@H]2CCO[C@H](C3CC3)C2)c1[N+](=O)[O-]. The maximum Gasteiger partial charge on any atom is 0.333 e. The number of hydrogen-bond donors (Lipinski definition) is 1. The highest BCUT2D eigenvalue weighted by Crippen LogP contribution is 2.40. The molecule has 21 heavy (non-hydrogen) atoms. The molecule has 6 heteroatoms. The fraction of sp³-hybridized carbons (Fsp3) is 0.600. The second-order valence-corrected chi connectivity index (χ2v) is 5.73. The van der Waals surface area contributed by atoms with Crippen LogP contribution < -0.4 is 10.1 Å². The summed E-state index contributed by atoms with van der Waals surface area (Å²) in [6.45, 7) is 0.719. The molecule has 1 aliphatic carbocycles. The first kappa shape index (κ1) is 14.1. The van der Waals surface area contributed by atoms with Gasteiger partial charge in [0, 0.05) is 12.6 Å². The van der Waals surface area contributed by atoms with Gasteiger partial charge in [0.05, 0.1) is 18.1 Å². The molecule has 2 atom stereocenters. The number of ether oxygens (including phenoxy) is 2. The van der Waals surface area contributed by atoms with Crippen LogP contribution in [0.1, 0.15) is 25.7 Å². The van der Waals surface area contributed by atoms with Crippen molar-refractivity contribution in [2.24, 2.45) is 5.92 Å². The lowest BCUT2D eigenvalue weighted by Crippen LogP contribution is -2.35. The highest BCUT2D eigenvalue weighted by atomic mass is 16.6. The number of rotatable bonds is 5. The van der Waals surface area contributed by atoms with E-state index in [1.54, 1.807) is 18.2 Å². The van der Waals surface area contributed by atoms with Gasteiger partial charge in [0.2, 0.25) is 0 Å². The molecule has 2 fully saturated rings. The van der Waals surface area contributed by atoms with Crippen molar-refractivity contribution in [2.75, 3.05) is 19.0 Å². The van der Waals surface area contributed by atoms with E-state index < -0.39 is 4.92 Å². The first-order valence-electron chi connectivity index (χ1n) is 7.38. The van der Waals surface area contributed by atoms with Crippen LogP contribution in [0.25, 0.3) is 0 Å². The molecule has 0 amide bonds. The van der Waals surface area contributed by atoms with E-state index in [1.165, 1.54) is 20.0 Å². The van der Waals surface area contributed by atoms with Gasteiger partial charge in [0.25, 0.3) is 0 Å². The van der Waals surface area contributed by atoms with Gasteiger partial charge < -0.3 is 14.8 Å². The monoisotopic (exact) mass is 292 g/mol. The zero-order valence-corrected chi connectivity index (χ0v) is 12.1. The topological polar surface area (TPSA) is 73.6 Å². The Morgan fingerprint density at radius 1 is 1.38 bits per heavy atom. The minimum Gasteiger partial charge on any atom is -0.490 e. The van der Waals surface area contributed by atoms with E-state index in [1.807, 2.05) is 0 Å². The molecule has 3 rings (SSSR count). The number of nitrogens with one attached hydrogen (secondary N) is 1. The zero-order chi connectivity index (χ0) is 14.8. The van der Waals surface area contributed by atoms with Crippen LogP contribution in [0.3, 0.4) is 0 Å². The lowest BCUT2D eigenvalue weighted by Gasteiger charge is -2.30. The number of hydrogen-bond acceptors (Lipinski definition) is 5. The second-order valence-electron chi connectivity index (χ2n) is 5.73. The highest BCUT2D eigenvalue weighted by molar-refractivity contribution is 5.68. The number of methoxy groups -OCH3 is 1. The minimum atomic E-state index is -0.390. The highest BCUT2D eigenvalue weighted by Gasteiger charge is 2.36. The number of para-hydroxylation sites is 1. The quantitative estimate of drug-likeness (QED) is 0.667. The Hall–Kier alpha value is -1.82. The van der Waals surface area contributed by atoms with Gasteiger partial charge >= 0.3 is 5.69 Å². The van der Waals surface area contributed by atoms with E-state index in [0.717, 1.165) is 19.4 Å². The molecular weight excluding hydrogens is 272 g/mol.